The van der Waals surface area contributed by atoms with Gasteiger partial charge >= 0.3 is 0 Å². The number of hydrogen-bond acceptors (Lipinski definition) is 3. The standard InChI is InChI=1S/C13H22N2S/c1-15(11-13-5-4-10-16-13)9-3-2-8-14-12-6-7-12/h4-5,10,12,14H,2-3,6-9,11H2,1H3. The molecule has 1 aromatic heterocycles. The van der Waals surface area contributed by atoms with Gasteiger partial charge in [-0.15, -0.1) is 11.3 Å². The first-order chi connectivity index (χ1) is 7.84. The maximum atomic E-state index is 3.56. The lowest BCUT2D eigenvalue weighted by molar-refractivity contribution is 0.320. The first-order valence-electron chi connectivity index (χ1n) is 6.29. The predicted molar refractivity (Wildman–Crippen MR) is 70.9 cm³/mol. The minimum Gasteiger partial charge on any atom is -0.314 e. The molecule has 1 aliphatic rings. The zero-order valence-electron chi connectivity index (χ0n) is 10.1. The van der Waals surface area contributed by atoms with Crippen LogP contribution in [0.5, 0.6) is 0 Å². The van der Waals surface area contributed by atoms with Crippen LogP contribution in [0.2, 0.25) is 0 Å². The van der Waals surface area contributed by atoms with Crippen molar-refractivity contribution in [1.29, 1.82) is 0 Å². The largest absolute Gasteiger partial charge is 0.314 e. The summed E-state index contributed by atoms with van der Waals surface area (Å²) in [6.07, 6.45) is 5.42. The van der Waals surface area contributed by atoms with Crippen molar-refractivity contribution in [1.82, 2.24) is 10.2 Å². The molecule has 1 aromatic rings. The van der Waals surface area contributed by atoms with E-state index in [9.17, 15) is 0 Å². The first-order valence-corrected chi connectivity index (χ1v) is 7.17. The molecular weight excluding hydrogens is 216 g/mol. The van der Waals surface area contributed by atoms with E-state index in [-0.39, 0.29) is 0 Å². The molecule has 90 valence electrons. The van der Waals surface area contributed by atoms with Crippen LogP contribution in [0.1, 0.15) is 30.6 Å². The van der Waals surface area contributed by atoms with E-state index in [0.29, 0.717) is 0 Å². The number of nitrogens with one attached hydrogen (secondary N) is 1. The van der Waals surface area contributed by atoms with Crippen LogP contribution in [-0.2, 0) is 6.54 Å². The topological polar surface area (TPSA) is 15.3 Å². The SMILES string of the molecule is CN(CCCCNC1CC1)Cc1cccs1. The fraction of sp³-hybridized carbons (Fsp3) is 0.692. The fourth-order valence-corrected chi connectivity index (χ4v) is 2.63. The van der Waals surface area contributed by atoms with Crippen molar-refractivity contribution >= 4 is 11.3 Å². The van der Waals surface area contributed by atoms with Crippen LogP contribution in [0.3, 0.4) is 0 Å². The highest BCUT2D eigenvalue weighted by Crippen LogP contribution is 2.18. The monoisotopic (exact) mass is 238 g/mol. The molecule has 1 heterocycles. The molecule has 0 aliphatic heterocycles. The van der Waals surface area contributed by atoms with Crippen LogP contribution in [0, 0.1) is 0 Å². The van der Waals surface area contributed by atoms with Crippen molar-refractivity contribution in [2.75, 3.05) is 20.1 Å². The molecule has 0 unspecified atom stereocenters. The molecule has 0 atom stereocenters. The van der Waals surface area contributed by atoms with Gasteiger partial charge in [0.05, 0.1) is 0 Å². The summed E-state index contributed by atoms with van der Waals surface area (Å²) in [4.78, 5) is 3.89. The Kier molecular flexibility index (Phi) is 4.82. The molecule has 1 fully saturated rings. The van der Waals surface area contributed by atoms with Gasteiger partial charge in [-0.2, -0.15) is 0 Å². The molecule has 0 bridgehead atoms. The normalized spacial score (nSPS) is 15.9. The summed E-state index contributed by atoms with van der Waals surface area (Å²) in [5, 5.41) is 5.71. The van der Waals surface area contributed by atoms with Crippen LogP contribution in [0.25, 0.3) is 0 Å². The second kappa shape index (κ2) is 6.38. The third kappa shape index (κ3) is 4.64. The Morgan fingerprint density at radius 1 is 1.44 bits per heavy atom. The summed E-state index contributed by atoms with van der Waals surface area (Å²) in [5.74, 6) is 0. The Bertz CT molecular complexity index is 280. The van der Waals surface area contributed by atoms with Crippen molar-refractivity contribution in [2.45, 2.75) is 38.3 Å². The Morgan fingerprint density at radius 2 is 2.31 bits per heavy atom. The lowest BCUT2D eigenvalue weighted by atomic mass is 10.3. The van der Waals surface area contributed by atoms with Crippen molar-refractivity contribution < 1.29 is 0 Å². The van der Waals surface area contributed by atoms with Gasteiger partial charge in [-0.3, -0.25) is 0 Å². The van der Waals surface area contributed by atoms with Crippen LogP contribution in [0.15, 0.2) is 17.5 Å². The number of unbranched alkanes of at least 4 members (excludes halogenated alkanes) is 1. The molecule has 0 spiro atoms. The van der Waals surface area contributed by atoms with Crippen molar-refractivity contribution in [2.24, 2.45) is 0 Å². The molecule has 0 saturated heterocycles. The number of rotatable bonds is 8. The van der Waals surface area contributed by atoms with Gasteiger partial charge in [-0.1, -0.05) is 6.07 Å². The van der Waals surface area contributed by atoms with E-state index < -0.39 is 0 Å². The third-order valence-electron chi connectivity index (χ3n) is 2.98. The molecule has 3 heteroatoms. The van der Waals surface area contributed by atoms with Gasteiger partial charge < -0.3 is 10.2 Å². The predicted octanol–water partition coefficient (Wildman–Crippen LogP) is 2.71. The molecule has 2 nitrogen and oxygen atoms in total. The molecule has 1 aliphatic carbocycles. The number of nitrogens with zero attached hydrogens (tertiary/aromatic N) is 1. The van der Waals surface area contributed by atoms with Crippen LogP contribution < -0.4 is 5.32 Å². The van der Waals surface area contributed by atoms with E-state index in [4.69, 9.17) is 0 Å². The molecule has 0 aromatic carbocycles. The van der Waals surface area contributed by atoms with Crippen LogP contribution >= 0.6 is 11.3 Å². The number of hydrogen-bond donors (Lipinski definition) is 1. The Balaban J connectivity index is 1.48. The van der Waals surface area contributed by atoms with Crippen molar-refractivity contribution in [3.63, 3.8) is 0 Å². The van der Waals surface area contributed by atoms with E-state index in [0.717, 1.165) is 12.6 Å². The van der Waals surface area contributed by atoms with Gasteiger partial charge in [0.2, 0.25) is 0 Å². The third-order valence-corrected chi connectivity index (χ3v) is 3.84. The highest BCUT2D eigenvalue weighted by Gasteiger charge is 2.19. The van der Waals surface area contributed by atoms with E-state index in [1.807, 2.05) is 11.3 Å². The van der Waals surface area contributed by atoms with Gasteiger partial charge in [0.15, 0.2) is 0 Å². The summed E-state index contributed by atoms with van der Waals surface area (Å²) in [7, 11) is 2.22. The second-order valence-corrected chi connectivity index (χ2v) is 5.78. The summed E-state index contributed by atoms with van der Waals surface area (Å²) < 4.78 is 0. The molecular formula is C13H22N2S. The Morgan fingerprint density at radius 3 is 3.00 bits per heavy atom. The second-order valence-electron chi connectivity index (χ2n) is 4.75. The zero-order chi connectivity index (χ0) is 11.2. The van der Waals surface area contributed by atoms with E-state index in [1.54, 1.807) is 0 Å². The number of thiophene rings is 1. The minimum atomic E-state index is 0.865. The first kappa shape index (κ1) is 12.1. The van der Waals surface area contributed by atoms with Gasteiger partial charge in [-0.05, 0) is 57.3 Å². The van der Waals surface area contributed by atoms with Crippen molar-refractivity contribution in [3.05, 3.63) is 22.4 Å². The van der Waals surface area contributed by atoms with Gasteiger partial charge in [0.25, 0.3) is 0 Å². The lowest BCUT2D eigenvalue weighted by Gasteiger charge is -2.15. The Labute approximate surface area is 103 Å². The van der Waals surface area contributed by atoms with E-state index >= 15 is 0 Å². The maximum Gasteiger partial charge on any atom is 0.0324 e. The summed E-state index contributed by atoms with van der Waals surface area (Å²) in [5.41, 5.74) is 0. The average Bonchev–Trinajstić information content (AvgIpc) is 2.95. The summed E-state index contributed by atoms with van der Waals surface area (Å²) >= 11 is 1.85. The van der Waals surface area contributed by atoms with Gasteiger partial charge in [0, 0.05) is 17.5 Å². The fourth-order valence-electron chi connectivity index (χ4n) is 1.85. The van der Waals surface area contributed by atoms with E-state index in [2.05, 4.69) is 34.8 Å². The van der Waals surface area contributed by atoms with Crippen LogP contribution in [-0.4, -0.2) is 31.1 Å². The van der Waals surface area contributed by atoms with Crippen LogP contribution in [0.4, 0.5) is 0 Å². The summed E-state index contributed by atoms with van der Waals surface area (Å²) in [6.45, 7) is 3.52. The molecule has 1 saturated carbocycles. The maximum absolute atomic E-state index is 3.56. The molecule has 16 heavy (non-hydrogen) atoms. The van der Waals surface area contributed by atoms with Gasteiger partial charge in [0.1, 0.15) is 0 Å². The molecule has 0 radical (unpaired) electrons. The quantitative estimate of drug-likeness (QED) is 0.701. The molecule has 1 N–H and O–H groups in total. The van der Waals surface area contributed by atoms with E-state index in [1.165, 1.54) is 43.6 Å². The zero-order valence-corrected chi connectivity index (χ0v) is 10.9. The molecule has 0 amide bonds. The molecule has 2 rings (SSSR count). The lowest BCUT2D eigenvalue weighted by Crippen LogP contribution is -2.21. The highest BCUT2D eigenvalue weighted by molar-refractivity contribution is 7.09. The highest BCUT2D eigenvalue weighted by atomic mass is 32.1. The van der Waals surface area contributed by atoms with Crippen molar-refractivity contribution in [3.8, 4) is 0 Å². The Hall–Kier alpha value is -0.380. The average molecular weight is 238 g/mol. The smallest absolute Gasteiger partial charge is 0.0324 e. The minimum absolute atomic E-state index is 0.865. The summed E-state index contributed by atoms with van der Waals surface area (Å²) in [6, 6.07) is 5.22. The van der Waals surface area contributed by atoms with Gasteiger partial charge in [-0.25, -0.2) is 0 Å².